The van der Waals surface area contributed by atoms with Crippen molar-refractivity contribution >= 4 is 17.6 Å². The Kier molecular flexibility index (Phi) is 6.15. The number of nitrogens with one attached hydrogen (secondary N) is 1. The molecule has 0 bridgehead atoms. The molecule has 3 aliphatic rings. The fraction of sp³-hybridized carbons (Fsp3) is 0.636. The van der Waals surface area contributed by atoms with Gasteiger partial charge in [0.1, 0.15) is 0 Å². The summed E-state index contributed by atoms with van der Waals surface area (Å²) in [4.78, 5) is 29.0. The summed E-state index contributed by atoms with van der Waals surface area (Å²) in [5.74, 6) is 0.785. The minimum Gasteiger partial charge on any atom is -0.376 e. The average Bonchev–Trinajstić information content (AvgIpc) is 3.38. The molecule has 2 saturated heterocycles. The van der Waals surface area contributed by atoms with E-state index in [1.165, 1.54) is 12.8 Å². The van der Waals surface area contributed by atoms with Crippen molar-refractivity contribution in [2.24, 2.45) is 11.8 Å². The highest BCUT2D eigenvalue weighted by Crippen LogP contribution is 2.29. The summed E-state index contributed by atoms with van der Waals surface area (Å²) in [6.07, 6.45) is 6.26. The third kappa shape index (κ3) is 5.04. The molecule has 0 aromatic heterocycles. The molecule has 4 rings (SSSR count). The van der Waals surface area contributed by atoms with Crippen molar-refractivity contribution < 1.29 is 14.3 Å². The lowest BCUT2D eigenvalue weighted by Gasteiger charge is -2.34. The molecule has 0 atom stereocenters. The van der Waals surface area contributed by atoms with E-state index in [2.05, 4.69) is 5.32 Å². The van der Waals surface area contributed by atoms with E-state index in [1.807, 2.05) is 34.1 Å². The molecule has 3 fully saturated rings. The number of likely N-dealkylation sites (tertiary alicyclic amines) is 2. The Labute approximate surface area is 167 Å². The first-order chi connectivity index (χ1) is 13.7. The first-order valence-corrected chi connectivity index (χ1v) is 10.7. The van der Waals surface area contributed by atoms with E-state index in [0.717, 1.165) is 62.5 Å². The number of hydrogen-bond acceptors (Lipinski definition) is 3. The lowest BCUT2D eigenvalue weighted by atomic mass is 9.96. The molecule has 0 spiro atoms. The first-order valence-electron chi connectivity index (χ1n) is 10.7. The molecular weight excluding hydrogens is 354 g/mol. The van der Waals surface area contributed by atoms with Crippen LogP contribution in [0.25, 0.3) is 0 Å². The van der Waals surface area contributed by atoms with E-state index in [1.54, 1.807) is 0 Å². The zero-order valence-corrected chi connectivity index (χ0v) is 16.6. The smallest absolute Gasteiger partial charge is 0.319 e. The van der Waals surface area contributed by atoms with Crippen LogP contribution < -0.4 is 5.32 Å². The molecule has 0 unspecified atom stereocenters. The number of benzene rings is 1. The van der Waals surface area contributed by atoms with Crippen LogP contribution in [0.2, 0.25) is 0 Å². The molecular formula is C22H31N3O3. The zero-order chi connectivity index (χ0) is 19.3. The number of piperidine rings is 1. The summed E-state index contributed by atoms with van der Waals surface area (Å²) in [6, 6.07) is 8.06. The maximum Gasteiger partial charge on any atom is 0.319 e. The second kappa shape index (κ2) is 8.95. The summed E-state index contributed by atoms with van der Waals surface area (Å²) < 4.78 is 5.74. The molecule has 1 aliphatic carbocycles. The van der Waals surface area contributed by atoms with E-state index >= 15 is 0 Å². The number of ether oxygens (including phenoxy) is 1. The summed E-state index contributed by atoms with van der Waals surface area (Å²) in [5, 5.41) is 3.05. The lowest BCUT2D eigenvalue weighted by Crippen LogP contribution is -2.47. The van der Waals surface area contributed by atoms with Gasteiger partial charge in [0.05, 0.1) is 6.61 Å². The molecule has 152 valence electrons. The summed E-state index contributed by atoms with van der Waals surface area (Å²) in [6.45, 7) is 4.52. The van der Waals surface area contributed by atoms with Gasteiger partial charge in [-0.1, -0.05) is 12.1 Å². The Morgan fingerprint density at radius 2 is 1.71 bits per heavy atom. The zero-order valence-electron chi connectivity index (χ0n) is 16.6. The standard InChI is InChI=1S/C22H31N3O3/c26-21(19-8-12-25(13-9-19)22(27)24-10-1-2-11-24)23-20-5-3-4-18(14-20)16-28-15-17-6-7-17/h3-5,14,17,19H,1-2,6-13,15-16H2,(H,23,26). The number of carbonyl (C=O) groups is 2. The van der Waals surface area contributed by atoms with Crippen molar-refractivity contribution in [2.45, 2.75) is 45.1 Å². The topological polar surface area (TPSA) is 61.9 Å². The van der Waals surface area contributed by atoms with Crippen LogP contribution in [0.15, 0.2) is 24.3 Å². The number of nitrogens with zero attached hydrogens (tertiary/aromatic N) is 2. The van der Waals surface area contributed by atoms with Crippen LogP contribution in [-0.4, -0.2) is 54.5 Å². The van der Waals surface area contributed by atoms with Gasteiger partial charge in [0.15, 0.2) is 0 Å². The Hall–Kier alpha value is -2.08. The lowest BCUT2D eigenvalue weighted by molar-refractivity contribution is -0.121. The third-order valence-electron chi connectivity index (χ3n) is 6.03. The van der Waals surface area contributed by atoms with Crippen molar-refractivity contribution in [2.75, 3.05) is 38.1 Å². The molecule has 1 aromatic carbocycles. The number of amides is 3. The molecule has 3 amide bonds. The Balaban J connectivity index is 1.23. The van der Waals surface area contributed by atoms with E-state index in [4.69, 9.17) is 4.74 Å². The predicted molar refractivity (Wildman–Crippen MR) is 108 cm³/mol. The summed E-state index contributed by atoms with van der Waals surface area (Å²) in [7, 11) is 0. The van der Waals surface area contributed by atoms with Crippen LogP contribution in [0, 0.1) is 11.8 Å². The van der Waals surface area contributed by atoms with E-state index in [0.29, 0.717) is 19.7 Å². The highest BCUT2D eigenvalue weighted by molar-refractivity contribution is 5.92. The van der Waals surface area contributed by atoms with Crippen molar-refractivity contribution in [1.82, 2.24) is 9.80 Å². The van der Waals surface area contributed by atoms with Gasteiger partial charge in [-0.15, -0.1) is 0 Å². The van der Waals surface area contributed by atoms with Crippen LogP contribution >= 0.6 is 0 Å². The molecule has 2 heterocycles. The van der Waals surface area contributed by atoms with Gasteiger partial charge < -0.3 is 19.9 Å². The first kappa shape index (κ1) is 19.2. The van der Waals surface area contributed by atoms with E-state index in [-0.39, 0.29) is 17.9 Å². The summed E-state index contributed by atoms with van der Waals surface area (Å²) >= 11 is 0. The Bertz CT molecular complexity index is 690. The van der Waals surface area contributed by atoms with Gasteiger partial charge in [-0.25, -0.2) is 4.79 Å². The molecule has 28 heavy (non-hydrogen) atoms. The molecule has 1 saturated carbocycles. The monoisotopic (exact) mass is 385 g/mol. The Morgan fingerprint density at radius 3 is 2.43 bits per heavy atom. The number of urea groups is 1. The van der Waals surface area contributed by atoms with Gasteiger partial charge in [0.2, 0.25) is 5.91 Å². The van der Waals surface area contributed by atoms with E-state index < -0.39 is 0 Å². The molecule has 6 heteroatoms. The highest BCUT2D eigenvalue weighted by atomic mass is 16.5. The van der Waals surface area contributed by atoms with E-state index in [9.17, 15) is 9.59 Å². The van der Waals surface area contributed by atoms with Crippen LogP contribution in [0.3, 0.4) is 0 Å². The van der Waals surface area contributed by atoms with Gasteiger partial charge in [0, 0.05) is 44.4 Å². The van der Waals surface area contributed by atoms with Gasteiger partial charge in [-0.3, -0.25) is 4.79 Å². The third-order valence-corrected chi connectivity index (χ3v) is 6.03. The van der Waals surface area contributed by atoms with Crippen LogP contribution in [-0.2, 0) is 16.1 Å². The average molecular weight is 386 g/mol. The largest absolute Gasteiger partial charge is 0.376 e. The maximum absolute atomic E-state index is 12.7. The second-order valence-electron chi connectivity index (χ2n) is 8.39. The van der Waals surface area contributed by atoms with Crippen LogP contribution in [0.1, 0.15) is 44.1 Å². The molecule has 1 aromatic rings. The number of carbonyl (C=O) groups excluding carboxylic acids is 2. The van der Waals surface area contributed by atoms with Gasteiger partial charge in [0.25, 0.3) is 0 Å². The minimum absolute atomic E-state index is 0.0302. The SMILES string of the molecule is O=C(Nc1cccc(COCC2CC2)c1)C1CCN(C(=O)N2CCCC2)CC1. The van der Waals surface area contributed by atoms with Gasteiger partial charge >= 0.3 is 6.03 Å². The van der Waals surface area contributed by atoms with Crippen molar-refractivity contribution in [3.05, 3.63) is 29.8 Å². The number of anilines is 1. The minimum atomic E-state index is -0.0302. The van der Waals surface area contributed by atoms with Crippen molar-refractivity contribution in [3.63, 3.8) is 0 Å². The molecule has 2 aliphatic heterocycles. The maximum atomic E-state index is 12.7. The highest BCUT2D eigenvalue weighted by Gasteiger charge is 2.30. The predicted octanol–water partition coefficient (Wildman–Crippen LogP) is 3.48. The fourth-order valence-electron chi connectivity index (χ4n) is 4.05. The van der Waals surface area contributed by atoms with Gasteiger partial charge in [-0.05, 0) is 62.1 Å². The van der Waals surface area contributed by atoms with Crippen molar-refractivity contribution in [1.29, 1.82) is 0 Å². The van der Waals surface area contributed by atoms with Crippen LogP contribution in [0.5, 0.6) is 0 Å². The van der Waals surface area contributed by atoms with Gasteiger partial charge in [-0.2, -0.15) is 0 Å². The molecule has 6 nitrogen and oxygen atoms in total. The summed E-state index contributed by atoms with van der Waals surface area (Å²) in [5.41, 5.74) is 1.91. The number of hydrogen-bond donors (Lipinski definition) is 1. The molecule has 0 radical (unpaired) electrons. The van der Waals surface area contributed by atoms with Crippen molar-refractivity contribution in [3.8, 4) is 0 Å². The molecule has 1 N–H and O–H groups in total. The second-order valence-corrected chi connectivity index (χ2v) is 8.39. The van der Waals surface area contributed by atoms with Crippen LogP contribution in [0.4, 0.5) is 10.5 Å². The Morgan fingerprint density at radius 1 is 1.00 bits per heavy atom. The normalized spacial score (nSPS) is 20.4. The fourth-order valence-corrected chi connectivity index (χ4v) is 4.05. The quantitative estimate of drug-likeness (QED) is 0.815. The number of rotatable bonds is 6.